The molecule has 2 aromatic carbocycles. The van der Waals surface area contributed by atoms with Gasteiger partial charge in [0.2, 0.25) is 0 Å². The van der Waals surface area contributed by atoms with Crippen molar-refractivity contribution in [1.29, 1.82) is 0 Å². The van der Waals surface area contributed by atoms with Crippen LogP contribution < -0.4 is 9.64 Å². The molecular weight excluding hydrogens is 455 g/mol. The molecule has 178 valence electrons. The van der Waals surface area contributed by atoms with E-state index in [1.807, 2.05) is 55.7 Å². The fourth-order valence-electron chi connectivity index (χ4n) is 4.47. The lowest BCUT2D eigenvalue weighted by Gasteiger charge is -2.13. The topological polar surface area (TPSA) is 82.7 Å². The Morgan fingerprint density at radius 3 is 2.61 bits per heavy atom. The van der Waals surface area contributed by atoms with Gasteiger partial charge < -0.3 is 14.6 Å². The maximum atomic E-state index is 14.2. The number of anilines is 1. The van der Waals surface area contributed by atoms with E-state index in [2.05, 4.69) is 43.3 Å². The molecule has 4 aromatic heterocycles. The normalized spacial score (nSPS) is 11.3. The summed E-state index contributed by atoms with van der Waals surface area (Å²) in [7, 11) is 5.52. The molecule has 6 rings (SSSR count). The van der Waals surface area contributed by atoms with Gasteiger partial charge in [-0.05, 0) is 59.2 Å². The Morgan fingerprint density at radius 1 is 0.889 bits per heavy atom. The van der Waals surface area contributed by atoms with Crippen LogP contribution in [0.25, 0.3) is 55.6 Å². The van der Waals surface area contributed by atoms with E-state index < -0.39 is 0 Å². The number of rotatable bonds is 5. The highest BCUT2D eigenvalue weighted by molar-refractivity contribution is 6.00. The highest BCUT2D eigenvalue weighted by Gasteiger charge is 2.16. The number of hydrogen-bond donors (Lipinski definition) is 2. The number of hydrogen-bond acceptors (Lipinski definition) is 5. The summed E-state index contributed by atoms with van der Waals surface area (Å²) in [5.74, 6) is 0.105. The Balaban J connectivity index is 1.47. The zero-order valence-corrected chi connectivity index (χ0v) is 20.0. The fraction of sp³-hybridized carbons (Fsp3) is 0.107. The summed E-state index contributed by atoms with van der Waals surface area (Å²) in [4.78, 5) is 14.3. The van der Waals surface area contributed by atoms with Gasteiger partial charge in [-0.2, -0.15) is 5.10 Å². The number of halogens is 1. The molecular formula is C28H23FN6O. The Bertz CT molecular complexity index is 1740. The quantitative estimate of drug-likeness (QED) is 0.315. The van der Waals surface area contributed by atoms with Gasteiger partial charge in [-0.3, -0.25) is 10.1 Å². The van der Waals surface area contributed by atoms with Crippen molar-refractivity contribution in [3.63, 3.8) is 0 Å². The second kappa shape index (κ2) is 8.49. The Hall–Kier alpha value is -4.72. The van der Waals surface area contributed by atoms with E-state index in [1.54, 1.807) is 6.20 Å². The first kappa shape index (κ1) is 21.8. The molecule has 2 N–H and O–H groups in total. The molecule has 0 saturated carbocycles. The SMILES string of the molecule is COc1cc(F)cc(-c2ccnc3[nH]c(-c4n[nH]c5ccc(-c6cncc(N(C)C)c6)cc45)cc23)c1. The van der Waals surface area contributed by atoms with Crippen molar-refractivity contribution in [2.24, 2.45) is 0 Å². The zero-order valence-electron chi connectivity index (χ0n) is 20.0. The van der Waals surface area contributed by atoms with Crippen molar-refractivity contribution in [1.82, 2.24) is 25.1 Å². The molecule has 4 heterocycles. The molecule has 7 nitrogen and oxygen atoms in total. The second-order valence-corrected chi connectivity index (χ2v) is 8.84. The summed E-state index contributed by atoms with van der Waals surface area (Å²) >= 11 is 0. The molecule has 0 saturated heterocycles. The second-order valence-electron chi connectivity index (χ2n) is 8.84. The summed E-state index contributed by atoms with van der Waals surface area (Å²) in [6, 6.07) is 16.9. The summed E-state index contributed by atoms with van der Waals surface area (Å²) in [6.07, 6.45) is 5.41. The lowest BCUT2D eigenvalue weighted by Crippen LogP contribution is -2.08. The fourth-order valence-corrected chi connectivity index (χ4v) is 4.47. The molecule has 0 bridgehead atoms. The standard InChI is InChI=1S/C28H23FN6O/c1-35(2)20-9-18(14-30-15-20)16-4-5-25-24(11-16)27(34-33-25)26-13-23-22(6-7-31-28(23)32-26)17-8-19(29)12-21(10-17)36-3/h4-15H,1-3H3,(H,31,32)(H,33,34). The van der Waals surface area contributed by atoms with E-state index in [1.165, 1.54) is 19.2 Å². The first-order valence-corrected chi connectivity index (χ1v) is 11.4. The Kier molecular flexibility index (Phi) is 5.14. The van der Waals surface area contributed by atoms with Crippen LogP contribution in [0.1, 0.15) is 0 Å². The van der Waals surface area contributed by atoms with Gasteiger partial charge in [-0.15, -0.1) is 0 Å². The van der Waals surface area contributed by atoms with Gasteiger partial charge in [-0.1, -0.05) is 6.07 Å². The first-order chi connectivity index (χ1) is 17.5. The maximum absolute atomic E-state index is 14.2. The third-order valence-electron chi connectivity index (χ3n) is 6.34. The summed E-state index contributed by atoms with van der Waals surface area (Å²) in [6.45, 7) is 0. The molecule has 0 aliphatic rings. The van der Waals surface area contributed by atoms with E-state index in [-0.39, 0.29) is 5.82 Å². The van der Waals surface area contributed by atoms with Crippen molar-refractivity contribution < 1.29 is 9.13 Å². The molecule has 0 aliphatic heterocycles. The van der Waals surface area contributed by atoms with Gasteiger partial charge in [-0.25, -0.2) is 9.37 Å². The van der Waals surface area contributed by atoms with Gasteiger partial charge >= 0.3 is 0 Å². The largest absolute Gasteiger partial charge is 0.497 e. The minimum Gasteiger partial charge on any atom is -0.497 e. The third-order valence-corrected chi connectivity index (χ3v) is 6.34. The van der Waals surface area contributed by atoms with Crippen molar-refractivity contribution >= 4 is 27.6 Å². The minimum absolute atomic E-state index is 0.358. The van der Waals surface area contributed by atoms with Crippen LogP contribution >= 0.6 is 0 Å². The number of nitrogens with one attached hydrogen (secondary N) is 2. The van der Waals surface area contributed by atoms with Crippen LogP contribution in [-0.4, -0.2) is 46.4 Å². The molecule has 0 radical (unpaired) electrons. The number of pyridine rings is 2. The predicted octanol–water partition coefficient (Wildman–Crippen LogP) is 6.05. The number of ether oxygens (including phenoxy) is 1. The van der Waals surface area contributed by atoms with Crippen LogP contribution in [0, 0.1) is 5.82 Å². The first-order valence-electron chi connectivity index (χ1n) is 11.4. The molecule has 0 spiro atoms. The van der Waals surface area contributed by atoms with Gasteiger partial charge in [0, 0.05) is 48.9 Å². The molecule has 0 amide bonds. The average Bonchev–Trinajstić information content (AvgIpc) is 3.51. The number of benzene rings is 2. The lowest BCUT2D eigenvalue weighted by molar-refractivity contribution is 0.411. The molecule has 36 heavy (non-hydrogen) atoms. The molecule has 8 heteroatoms. The van der Waals surface area contributed by atoms with Crippen LogP contribution in [0.3, 0.4) is 0 Å². The maximum Gasteiger partial charge on any atom is 0.138 e. The Labute approximate surface area is 206 Å². The van der Waals surface area contributed by atoms with E-state index in [9.17, 15) is 4.39 Å². The van der Waals surface area contributed by atoms with E-state index in [0.717, 1.165) is 50.1 Å². The highest BCUT2D eigenvalue weighted by atomic mass is 19.1. The lowest BCUT2D eigenvalue weighted by atomic mass is 10.0. The third kappa shape index (κ3) is 3.73. The monoisotopic (exact) mass is 478 g/mol. The van der Waals surface area contributed by atoms with Gasteiger partial charge in [0.1, 0.15) is 22.9 Å². The van der Waals surface area contributed by atoms with Crippen molar-refractivity contribution in [3.8, 4) is 39.4 Å². The van der Waals surface area contributed by atoms with Crippen LogP contribution in [0.4, 0.5) is 10.1 Å². The molecule has 6 aromatic rings. The summed E-state index contributed by atoms with van der Waals surface area (Å²) < 4.78 is 19.5. The van der Waals surface area contributed by atoms with Gasteiger partial charge in [0.05, 0.1) is 30.2 Å². The molecule has 0 aliphatic carbocycles. The number of fused-ring (bicyclic) bond motifs is 2. The number of H-pyrrole nitrogens is 2. The van der Waals surface area contributed by atoms with E-state index in [4.69, 9.17) is 4.74 Å². The van der Waals surface area contributed by atoms with Crippen LogP contribution in [-0.2, 0) is 0 Å². The summed E-state index contributed by atoms with van der Waals surface area (Å²) in [5, 5.41) is 9.57. The van der Waals surface area contributed by atoms with Crippen molar-refractivity contribution in [2.75, 3.05) is 26.1 Å². The number of methoxy groups -OCH3 is 1. The smallest absolute Gasteiger partial charge is 0.138 e. The predicted molar refractivity (Wildman–Crippen MR) is 141 cm³/mol. The van der Waals surface area contributed by atoms with Gasteiger partial charge in [0.15, 0.2) is 0 Å². The molecule has 0 fully saturated rings. The summed E-state index contributed by atoms with van der Waals surface area (Å²) in [5.41, 5.74) is 7.89. The number of nitrogens with zero attached hydrogens (tertiary/aromatic N) is 4. The molecule has 0 unspecified atom stereocenters. The van der Waals surface area contributed by atoms with E-state index in [0.29, 0.717) is 17.0 Å². The molecule has 0 atom stereocenters. The minimum atomic E-state index is -0.358. The van der Waals surface area contributed by atoms with Crippen molar-refractivity contribution in [3.05, 3.63) is 79.0 Å². The van der Waals surface area contributed by atoms with Crippen LogP contribution in [0.15, 0.2) is 73.2 Å². The highest BCUT2D eigenvalue weighted by Crippen LogP contribution is 2.36. The number of aromatic nitrogens is 5. The van der Waals surface area contributed by atoms with Crippen LogP contribution in [0.5, 0.6) is 5.75 Å². The number of aromatic amines is 2. The zero-order chi connectivity index (χ0) is 24.8. The van der Waals surface area contributed by atoms with Crippen LogP contribution in [0.2, 0.25) is 0 Å². The Morgan fingerprint density at radius 2 is 1.78 bits per heavy atom. The van der Waals surface area contributed by atoms with Crippen molar-refractivity contribution in [2.45, 2.75) is 0 Å². The average molecular weight is 479 g/mol. The van der Waals surface area contributed by atoms with Gasteiger partial charge in [0.25, 0.3) is 0 Å². The van der Waals surface area contributed by atoms with E-state index >= 15 is 0 Å².